The number of halogens is 1. The summed E-state index contributed by atoms with van der Waals surface area (Å²) in [6.07, 6.45) is 2.25. The molecule has 0 radical (unpaired) electrons. The minimum absolute atomic E-state index is 0.123. The third-order valence-corrected chi connectivity index (χ3v) is 5.14. The Morgan fingerprint density at radius 3 is 2.72 bits per heavy atom. The van der Waals surface area contributed by atoms with Crippen LogP contribution >= 0.6 is 15.9 Å². The molecule has 1 aliphatic carbocycles. The molecule has 134 valence electrons. The molecule has 1 fully saturated rings. The van der Waals surface area contributed by atoms with Gasteiger partial charge in [0.15, 0.2) is 4.73 Å². The van der Waals surface area contributed by atoms with Crippen LogP contribution in [0.25, 0.3) is 5.78 Å². The first-order valence-corrected chi connectivity index (χ1v) is 9.13. The van der Waals surface area contributed by atoms with Crippen molar-refractivity contribution in [3.63, 3.8) is 0 Å². The van der Waals surface area contributed by atoms with E-state index in [1.807, 2.05) is 20.8 Å². The number of carbonyl (C=O) groups excluding carboxylic acids is 1. The van der Waals surface area contributed by atoms with Crippen LogP contribution in [-0.4, -0.2) is 49.3 Å². The van der Waals surface area contributed by atoms with E-state index in [1.165, 1.54) is 4.52 Å². The van der Waals surface area contributed by atoms with Gasteiger partial charge in [-0.15, -0.1) is 0 Å². The van der Waals surface area contributed by atoms with Crippen LogP contribution in [0.3, 0.4) is 0 Å². The summed E-state index contributed by atoms with van der Waals surface area (Å²) >= 11 is 3.25. The van der Waals surface area contributed by atoms with Crippen molar-refractivity contribution in [1.82, 2.24) is 24.5 Å². The standard InChI is InChI=1S/C16H20BrN5O3/c1-15(2,3)25-14(24)21-7-16(8-21)6-4-5-9-10(16)11(23)22-13(18-9)19-12(17)20-22/h4-8H2,1-3H3,(H,18,19,20). The molecule has 4 rings (SSSR count). The topological polar surface area (TPSA) is 92.6 Å². The van der Waals surface area contributed by atoms with Crippen molar-refractivity contribution >= 4 is 27.8 Å². The first-order valence-electron chi connectivity index (χ1n) is 8.34. The number of nitrogens with zero attached hydrogens (tertiary/aromatic N) is 4. The van der Waals surface area contributed by atoms with Crippen molar-refractivity contribution < 1.29 is 9.53 Å². The molecule has 2 aliphatic rings. The molecule has 2 aromatic rings. The number of aromatic nitrogens is 4. The zero-order valence-corrected chi connectivity index (χ0v) is 16.0. The molecule has 0 bridgehead atoms. The second-order valence-electron chi connectivity index (χ2n) is 7.86. The molecule has 0 saturated carbocycles. The van der Waals surface area contributed by atoms with Gasteiger partial charge in [-0.3, -0.25) is 9.89 Å². The predicted molar refractivity (Wildman–Crippen MR) is 93.7 cm³/mol. The van der Waals surface area contributed by atoms with E-state index in [0.717, 1.165) is 25.0 Å². The van der Waals surface area contributed by atoms with Gasteiger partial charge >= 0.3 is 6.09 Å². The number of hydrogen-bond donors (Lipinski definition) is 1. The molecule has 9 heteroatoms. The summed E-state index contributed by atoms with van der Waals surface area (Å²) in [4.78, 5) is 35.7. The summed E-state index contributed by atoms with van der Waals surface area (Å²) in [5.41, 5.74) is 0.542. The van der Waals surface area contributed by atoms with Gasteiger partial charge < -0.3 is 9.64 Å². The fraction of sp³-hybridized carbons (Fsp3) is 0.625. The van der Waals surface area contributed by atoms with E-state index in [0.29, 0.717) is 29.2 Å². The molecule has 1 saturated heterocycles. The van der Waals surface area contributed by atoms with Crippen LogP contribution < -0.4 is 5.56 Å². The van der Waals surface area contributed by atoms with Gasteiger partial charge in [0.25, 0.3) is 11.3 Å². The van der Waals surface area contributed by atoms with Gasteiger partial charge in [0.05, 0.1) is 11.3 Å². The smallest absolute Gasteiger partial charge is 0.410 e. The van der Waals surface area contributed by atoms with E-state index < -0.39 is 5.60 Å². The third-order valence-electron chi connectivity index (χ3n) is 4.78. The highest BCUT2D eigenvalue weighted by Crippen LogP contribution is 2.42. The van der Waals surface area contributed by atoms with Crippen LogP contribution in [0, 0.1) is 0 Å². The SMILES string of the molecule is CC(C)(C)OC(=O)N1CC2(CCCc3nc4nc(Br)[nH]n4c(=O)c32)C1. The lowest BCUT2D eigenvalue weighted by atomic mass is 9.67. The summed E-state index contributed by atoms with van der Waals surface area (Å²) in [5, 5.41) is 2.87. The van der Waals surface area contributed by atoms with E-state index >= 15 is 0 Å². The van der Waals surface area contributed by atoms with Gasteiger partial charge in [-0.1, -0.05) is 0 Å². The fourth-order valence-corrected chi connectivity index (χ4v) is 4.16. The van der Waals surface area contributed by atoms with E-state index in [2.05, 4.69) is 31.0 Å². The summed E-state index contributed by atoms with van der Waals surface area (Å²) < 4.78 is 7.27. The van der Waals surface area contributed by atoms with Crippen molar-refractivity contribution in [3.8, 4) is 0 Å². The first kappa shape index (κ1) is 16.6. The summed E-state index contributed by atoms with van der Waals surface area (Å²) in [6, 6.07) is 0. The van der Waals surface area contributed by atoms with E-state index in [-0.39, 0.29) is 17.1 Å². The summed E-state index contributed by atoms with van der Waals surface area (Å²) in [7, 11) is 0. The molecular weight excluding hydrogens is 390 g/mol. The quantitative estimate of drug-likeness (QED) is 0.717. The average molecular weight is 410 g/mol. The van der Waals surface area contributed by atoms with Crippen LogP contribution in [0.1, 0.15) is 44.9 Å². The Bertz CT molecular complexity index is 920. The molecule has 1 spiro atoms. The van der Waals surface area contributed by atoms with E-state index in [9.17, 15) is 9.59 Å². The molecule has 1 aliphatic heterocycles. The highest BCUT2D eigenvalue weighted by Gasteiger charge is 2.51. The molecule has 0 aromatic carbocycles. The number of hydrogen-bond acceptors (Lipinski definition) is 5. The molecule has 1 amide bonds. The lowest BCUT2D eigenvalue weighted by Gasteiger charge is -2.51. The second-order valence-corrected chi connectivity index (χ2v) is 8.61. The van der Waals surface area contributed by atoms with Crippen molar-refractivity contribution in [2.24, 2.45) is 0 Å². The van der Waals surface area contributed by atoms with Gasteiger partial charge in [0, 0.05) is 18.5 Å². The maximum Gasteiger partial charge on any atom is 0.410 e. The number of nitrogens with one attached hydrogen (secondary N) is 1. The molecule has 0 atom stereocenters. The molecule has 0 unspecified atom stereocenters. The number of ether oxygens (including phenoxy) is 1. The van der Waals surface area contributed by atoms with Gasteiger partial charge in [-0.05, 0) is 56.0 Å². The lowest BCUT2D eigenvalue weighted by molar-refractivity contribution is -0.0141. The van der Waals surface area contributed by atoms with Crippen molar-refractivity contribution in [3.05, 3.63) is 26.3 Å². The minimum Gasteiger partial charge on any atom is -0.444 e. The van der Waals surface area contributed by atoms with Crippen molar-refractivity contribution in [1.29, 1.82) is 0 Å². The Morgan fingerprint density at radius 2 is 2.04 bits per heavy atom. The number of H-pyrrole nitrogens is 1. The fourth-order valence-electron chi connectivity index (χ4n) is 3.82. The average Bonchev–Trinajstić information content (AvgIpc) is 2.83. The maximum atomic E-state index is 13.0. The predicted octanol–water partition coefficient (Wildman–Crippen LogP) is 2.00. The van der Waals surface area contributed by atoms with Crippen LogP contribution in [0.15, 0.2) is 9.53 Å². The lowest BCUT2D eigenvalue weighted by Crippen LogP contribution is -2.64. The van der Waals surface area contributed by atoms with E-state index in [4.69, 9.17) is 4.74 Å². The largest absolute Gasteiger partial charge is 0.444 e. The highest BCUT2D eigenvalue weighted by molar-refractivity contribution is 9.10. The van der Waals surface area contributed by atoms with Crippen LogP contribution in [-0.2, 0) is 16.6 Å². The van der Waals surface area contributed by atoms with Gasteiger partial charge in [0.1, 0.15) is 5.60 Å². The number of fused-ring (bicyclic) bond motifs is 3. The Kier molecular flexibility index (Phi) is 3.51. The maximum absolute atomic E-state index is 13.0. The number of aromatic amines is 1. The number of carbonyl (C=O) groups is 1. The van der Waals surface area contributed by atoms with Gasteiger partial charge in [-0.25, -0.2) is 9.78 Å². The Balaban J connectivity index is 1.68. The Hall–Kier alpha value is -1.90. The summed E-state index contributed by atoms with van der Waals surface area (Å²) in [6.45, 7) is 6.53. The first-order chi connectivity index (χ1) is 11.7. The number of aryl methyl sites for hydroxylation is 1. The van der Waals surface area contributed by atoms with Crippen LogP contribution in [0.2, 0.25) is 0 Å². The minimum atomic E-state index is -0.528. The zero-order chi connectivity index (χ0) is 18.0. The number of amides is 1. The zero-order valence-electron chi connectivity index (χ0n) is 14.4. The van der Waals surface area contributed by atoms with Gasteiger partial charge in [0.2, 0.25) is 0 Å². The Labute approximate surface area is 152 Å². The third kappa shape index (κ3) is 2.65. The molecule has 25 heavy (non-hydrogen) atoms. The Morgan fingerprint density at radius 1 is 1.32 bits per heavy atom. The van der Waals surface area contributed by atoms with Crippen molar-refractivity contribution in [2.75, 3.05) is 13.1 Å². The monoisotopic (exact) mass is 409 g/mol. The molecule has 3 heterocycles. The summed E-state index contributed by atoms with van der Waals surface area (Å²) in [5.74, 6) is 0.371. The second kappa shape index (κ2) is 5.30. The van der Waals surface area contributed by atoms with E-state index in [1.54, 1.807) is 4.90 Å². The van der Waals surface area contributed by atoms with Crippen LogP contribution in [0.4, 0.5) is 4.79 Å². The molecule has 8 nitrogen and oxygen atoms in total. The van der Waals surface area contributed by atoms with Crippen LogP contribution in [0.5, 0.6) is 0 Å². The number of rotatable bonds is 0. The number of likely N-dealkylation sites (tertiary alicyclic amines) is 1. The molecule has 1 N–H and O–H groups in total. The molecule has 2 aromatic heterocycles. The molecular formula is C16H20BrN5O3. The highest BCUT2D eigenvalue weighted by atomic mass is 79.9. The van der Waals surface area contributed by atoms with Crippen molar-refractivity contribution in [2.45, 2.75) is 51.0 Å². The van der Waals surface area contributed by atoms with Gasteiger partial charge in [-0.2, -0.15) is 9.50 Å². The normalized spacial score (nSPS) is 19.0.